The molecule has 4 nitrogen and oxygen atoms in total. The number of amides is 1. The van der Waals surface area contributed by atoms with E-state index < -0.39 is 0 Å². The number of aromatic nitrogens is 1. The standard InChI is InChI=1S/C27H20N2O2/c1-19(21-5-3-2-4-6-21)27(31)22-10-7-20(8-11-22)9-14-26(30)29-25-13-12-24-18-28-16-15-23(24)17-25/h2-18H,1H2,(H,29,30). The van der Waals surface area contributed by atoms with Crippen LogP contribution in [0.15, 0.2) is 104 Å². The summed E-state index contributed by atoms with van der Waals surface area (Å²) in [4.78, 5) is 29.0. The van der Waals surface area contributed by atoms with Crippen molar-refractivity contribution in [2.24, 2.45) is 0 Å². The van der Waals surface area contributed by atoms with Gasteiger partial charge in [0.05, 0.1) is 0 Å². The average Bonchev–Trinajstić information content (AvgIpc) is 2.82. The van der Waals surface area contributed by atoms with Gasteiger partial charge in [-0.25, -0.2) is 0 Å². The van der Waals surface area contributed by atoms with Crippen LogP contribution in [0.1, 0.15) is 21.5 Å². The van der Waals surface area contributed by atoms with E-state index in [1.54, 1.807) is 42.7 Å². The molecule has 150 valence electrons. The number of anilines is 1. The maximum Gasteiger partial charge on any atom is 0.248 e. The van der Waals surface area contributed by atoms with Crippen LogP contribution >= 0.6 is 0 Å². The Hall–Kier alpha value is -4.31. The fourth-order valence-corrected chi connectivity index (χ4v) is 3.21. The van der Waals surface area contributed by atoms with Crippen LogP contribution in [0.3, 0.4) is 0 Å². The zero-order valence-electron chi connectivity index (χ0n) is 16.8. The molecule has 0 saturated heterocycles. The van der Waals surface area contributed by atoms with E-state index >= 15 is 0 Å². The Kier molecular flexibility index (Phi) is 5.81. The monoisotopic (exact) mass is 404 g/mol. The summed E-state index contributed by atoms with van der Waals surface area (Å²) in [5.41, 5.74) is 3.35. The Morgan fingerprint density at radius 2 is 1.61 bits per heavy atom. The second-order valence-corrected chi connectivity index (χ2v) is 7.06. The van der Waals surface area contributed by atoms with Crippen LogP contribution < -0.4 is 5.32 Å². The normalized spacial score (nSPS) is 10.8. The summed E-state index contributed by atoms with van der Waals surface area (Å²) in [5, 5.41) is 4.88. The van der Waals surface area contributed by atoms with Gasteiger partial charge in [-0.15, -0.1) is 0 Å². The molecule has 0 aliphatic carbocycles. The quantitative estimate of drug-likeness (QED) is 0.327. The van der Waals surface area contributed by atoms with Crippen molar-refractivity contribution >= 4 is 39.8 Å². The van der Waals surface area contributed by atoms with E-state index in [1.807, 2.05) is 54.6 Å². The van der Waals surface area contributed by atoms with Crippen LogP contribution in [0.5, 0.6) is 0 Å². The summed E-state index contributed by atoms with van der Waals surface area (Å²) >= 11 is 0. The molecule has 1 N–H and O–H groups in total. The number of rotatable bonds is 6. The summed E-state index contributed by atoms with van der Waals surface area (Å²) in [7, 11) is 0. The van der Waals surface area contributed by atoms with Crippen molar-refractivity contribution in [3.63, 3.8) is 0 Å². The molecule has 31 heavy (non-hydrogen) atoms. The van der Waals surface area contributed by atoms with Gasteiger partial charge in [-0.3, -0.25) is 14.6 Å². The van der Waals surface area contributed by atoms with Gasteiger partial charge in [-0.05, 0) is 40.8 Å². The minimum Gasteiger partial charge on any atom is -0.322 e. The molecule has 1 amide bonds. The molecule has 0 aliphatic rings. The molecule has 0 fully saturated rings. The first kappa shape index (κ1) is 20.0. The van der Waals surface area contributed by atoms with Crippen molar-refractivity contribution in [2.45, 2.75) is 0 Å². The zero-order chi connectivity index (χ0) is 21.6. The molecule has 4 rings (SSSR count). The van der Waals surface area contributed by atoms with E-state index in [-0.39, 0.29) is 11.7 Å². The average molecular weight is 404 g/mol. The van der Waals surface area contributed by atoms with Gasteiger partial charge in [0.15, 0.2) is 5.78 Å². The topological polar surface area (TPSA) is 59.1 Å². The third kappa shape index (κ3) is 4.82. The van der Waals surface area contributed by atoms with Crippen molar-refractivity contribution in [2.75, 3.05) is 5.32 Å². The maximum absolute atomic E-state index is 12.6. The fourth-order valence-electron chi connectivity index (χ4n) is 3.21. The Labute approximate surface area is 180 Å². The number of carbonyl (C=O) groups is 2. The Balaban J connectivity index is 1.40. The molecular formula is C27H20N2O2. The predicted octanol–water partition coefficient (Wildman–Crippen LogP) is 5.78. The molecule has 1 aromatic heterocycles. The van der Waals surface area contributed by atoms with Crippen LogP contribution in [0.25, 0.3) is 22.4 Å². The van der Waals surface area contributed by atoms with E-state index in [9.17, 15) is 9.59 Å². The molecule has 1 heterocycles. The fraction of sp³-hybridized carbons (Fsp3) is 0. The van der Waals surface area contributed by atoms with E-state index in [0.717, 1.165) is 21.9 Å². The first-order valence-corrected chi connectivity index (χ1v) is 9.82. The number of nitrogens with one attached hydrogen (secondary N) is 1. The number of pyridine rings is 1. The highest BCUT2D eigenvalue weighted by molar-refractivity contribution is 6.28. The van der Waals surface area contributed by atoms with Gasteiger partial charge >= 0.3 is 0 Å². The highest BCUT2D eigenvalue weighted by Gasteiger charge is 2.11. The molecule has 0 saturated carbocycles. The van der Waals surface area contributed by atoms with Crippen molar-refractivity contribution in [1.29, 1.82) is 0 Å². The lowest BCUT2D eigenvalue weighted by molar-refractivity contribution is -0.111. The van der Waals surface area contributed by atoms with E-state index in [4.69, 9.17) is 0 Å². The van der Waals surface area contributed by atoms with Crippen LogP contribution in [-0.2, 0) is 4.79 Å². The van der Waals surface area contributed by atoms with E-state index in [0.29, 0.717) is 16.8 Å². The third-order valence-corrected chi connectivity index (χ3v) is 4.90. The summed E-state index contributed by atoms with van der Waals surface area (Å²) in [5.74, 6) is -0.350. The minimum atomic E-state index is -0.231. The Bertz CT molecular complexity index is 1290. The maximum atomic E-state index is 12.6. The highest BCUT2D eigenvalue weighted by Crippen LogP contribution is 2.19. The van der Waals surface area contributed by atoms with Crippen molar-refractivity contribution in [1.82, 2.24) is 4.98 Å². The number of carbonyl (C=O) groups excluding carboxylic acids is 2. The number of benzene rings is 3. The lowest BCUT2D eigenvalue weighted by atomic mass is 9.97. The van der Waals surface area contributed by atoms with Gasteiger partial charge in [0, 0.05) is 40.7 Å². The van der Waals surface area contributed by atoms with Crippen LogP contribution in [0.2, 0.25) is 0 Å². The lowest BCUT2D eigenvalue weighted by Crippen LogP contribution is -2.07. The third-order valence-electron chi connectivity index (χ3n) is 4.90. The molecule has 4 heteroatoms. The first-order valence-electron chi connectivity index (χ1n) is 9.82. The molecule has 0 radical (unpaired) electrons. The lowest BCUT2D eigenvalue weighted by Gasteiger charge is -2.06. The smallest absolute Gasteiger partial charge is 0.248 e. The van der Waals surface area contributed by atoms with Crippen LogP contribution in [-0.4, -0.2) is 16.7 Å². The Morgan fingerprint density at radius 1 is 0.839 bits per heavy atom. The van der Waals surface area contributed by atoms with Crippen molar-refractivity contribution < 1.29 is 9.59 Å². The van der Waals surface area contributed by atoms with E-state index in [2.05, 4.69) is 16.9 Å². The second-order valence-electron chi connectivity index (χ2n) is 7.06. The molecule has 0 spiro atoms. The van der Waals surface area contributed by atoms with Crippen LogP contribution in [0, 0.1) is 0 Å². The van der Waals surface area contributed by atoms with Crippen molar-refractivity contribution in [3.05, 3.63) is 121 Å². The van der Waals surface area contributed by atoms with Gasteiger partial charge in [-0.2, -0.15) is 0 Å². The minimum absolute atomic E-state index is 0.119. The molecule has 0 aliphatic heterocycles. The summed E-state index contributed by atoms with van der Waals surface area (Å²) in [6.45, 7) is 3.92. The van der Waals surface area contributed by atoms with Gasteiger partial charge in [0.2, 0.25) is 5.91 Å². The van der Waals surface area contributed by atoms with Gasteiger partial charge in [-0.1, -0.05) is 67.2 Å². The SMILES string of the molecule is C=C(C(=O)c1ccc(C=CC(=O)Nc2ccc3cnccc3c2)cc1)c1ccccc1. The van der Waals surface area contributed by atoms with E-state index in [1.165, 1.54) is 6.08 Å². The number of fused-ring (bicyclic) bond motifs is 1. The highest BCUT2D eigenvalue weighted by atomic mass is 16.1. The number of hydrogen-bond acceptors (Lipinski definition) is 3. The number of ketones is 1. The molecule has 0 unspecified atom stereocenters. The van der Waals surface area contributed by atoms with Gasteiger partial charge in [0.25, 0.3) is 0 Å². The molecular weight excluding hydrogens is 384 g/mol. The summed E-state index contributed by atoms with van der Waals surface area (Å²) < 4.78 is 0. The second kappa shape index (κ2) is 9.01. The number of nitrogens with zero attached hydrogens (tertiary/aromatic N) is 1. The van der Waals surface area contributed by atoms with Gasteiger partial charge in [0.1, 0.15) is 0 Å². The summed E-state index contributed by atoms with van der Waals surface area (Å²) in [6.07, 6.45) is 6.68. The van der Waals surface area contributed by atoms with Crippen LogP contribution in [0.4, 0.5) is 5.69 Å². The van der Waals surface area contributed by atoms with Crippen molar-refractivity contribution in [3.8, 4) is 0 Å². The molecule has 0 atom stereocenters. The summed E-state index contributed by atoms with van der Waals surface area (Å²) in [6, 6.07) is 24.0. The number of hydrogen-bond donors (Lipinski definition) is 1. The number of Topliss-reactive ketones (excluding diaryl/α,β-unsaturated/α-hetero) is 1. The van der Waals surface area contributed by atoms with Gasteiger partial charge < -0.3 is 5.32 Å². The molecule has 0 bridgehead atoms. The number of allylic oxidation sites excluding steroid dienone is 1. The zero-order valence-corrected chi connectivity index (χ0v) is 16.8. The molecule has 4 aromatic rings. The predicted molar refractivity (Wildman–Crippen MR) is 126 cm³/mol. The largest absolute Gasteiger partial charge is 0.322 e. The first-order chi connectivity index (χ1) is 15.1. The Morgan fingerprint density at radius 3 is 2.39 bits per heavy atom. The molecule has 3 aromatic carbocycles.